The van der Waals surface area contributed by atoms with Crippen molar-refractivity contribution in [3.05, 3.63) is 74.5 Å². The molecule has 0 saturated heterocycles. The van der Waals surface area contributed by atoms with E-state index in [4.69, 9.17) is 11.6 Å². The molecule has 0 amide bonds. The minimum absolute atomic E-state index is 0.0834. The summed E-state index contributed by atoms with van der Waals surface area (Å²) in [6.07, 6.45) is -0.789. The quantitative estimate of drug-likeness (QED) is 0.632. The number of hydrogen-bond acceptors (Lipinski definition) is 4. The monoisotopic (exact) mass is 324 g/mol. The third-order valence-corrected chi connectivity index (χ3v) is 3.45. The highest BCUT2D eigenvalue weighted by Crippen LogP contribution is 2.25. The van der Waals surface area contributed by atoms with Crippen LogP contribution in [0, 0.1) is 15.9 Å². The van der Waals surface area contributed by atoms with E-state index in [1.54, 1.807) is 6.07 Å². The van der Waals surface area contributed by atoms with Crippen molar-refractivity contribution in [1.29, 1.82) is 0 Å². The Bertz CT molecular complexity index is 664. The highest BCUT2D eigenvalue weighted by Gasteiger charge is 2.13. The first-order valence-electron chi connectivity index (χ1n) is 6.54. The van der Waals surface area contributed by atoms with Gasteiger partial charge in [0, 0.05) is 19.2 Å². The maximum absolute atomic E-state index is 12.8. The lowest BCUT2D eigenvalue weighted by molar-refractivity contribution is -0.384. The molecule has 7 heteroatoms. The van der Waals surface area contributed by atoms with Gasteiger partial charge >= 0.3 is 0 Å². The van der Waals surface area contributed by atoms with Crippen LogP contribution < -0.4 is 5.32 Å². The average molecular weight is 325 g/mol. The fourth-order valence-corrected chi connectivity index (χ4v) is 2.15. The van der Waals surface area contributed by atoms with Crippen LogP contribution in [0.25, 0.3) is 0 Å². The number of benzene rings is 2. The van der Waals surface area contributed by atoms with Gasteiger partial charge in [-0.25, -0.2) is 4.39 Å². The number of nitrogens with zero attached hydrogens (tertiary/aromatic N) is 1. The summed E-state index contributed by atoms with van der Waals surface area (Å²) in [5.74, 6) is -0.364. The Hall–Kier alpha value is -2.02. The second-order valence-corrected chi connectivity index (χ2v) is 5.15. The van der Waals surface area contributed by atoms with Crippen LogP contribution in [-0.4, -0.2) is 16.6 Å². The van der Waals surface area contributed by atoms with Gasteiger partial charge in [0.15, 0.2) is 0 Å². The van der Waals surface area contributed by atoms with E-state index in [-0.39, 0.29) is 23.1 Å². The highest BCUT2D eigenvalue weighted by molar-refractivity contribution is 6.32. The third-order valence-electron chi connectivity index (χ3n) is 3.13. The fraction of sp³-hybridized carbons (Fsp3) is 0.200. The van der Waals surface area contributed by atoms with Crippen LogP contribution in [0.5, 0.6) is 0 Å². The van der Waals surface area contributed by atoms with E-state index in [1.807, 2.05) is 0 Å². The SMILES string of the molecule is O=[N+]([O-])c1cc(CNCC(O)c2ccc(F)cc2)ccc1Cl. The first-order chi connectivity index (χ1) is 10.5. The van der Waals surface area contributed by atoms with E-state index >= 15 is 0 Å². The van der Waals surface area contributed by atoms with E-state index in [0.717, 1.165) is 0 Å². The standard InChI is InChI=1S/C15H14ClFN2O3/c16-13-6-1-10(7-14(13)19(21)22)8-18-9-15(20)11-2-4-12(17)5-3-11/h1-7,15,18,20H,8-9H2. The van der Waals surface area contributed by atoms with Crippen LogP contribution in [0.3, 0.4) is 0 Å². The molecule has 0 aliphatic carbocycles. The van der Waals surface area contributed by atoms with Crippen LogP contribution in [0.1, 0.15) is 17.2 Å². The zero-order valence-corrected chi connectivity index (χ0v) is 12.3. The van der Waals surface area contributed by atoms with Gasteiger partial charge in [-0.15, -0.1) is 0 Å². The van der Waals surface area contributed by atoms with Crippen LogP contribution in [0.4, 0.5) is 10.1 Å². The lowest BCUT2D eigenvalue weighted by atomic mass is 10.1. The van der Waals surface area contributed by atoms with Gasteiger partial charge in [-0.1, -0.05) is 29.8 Å². The Morgan fingerprint density at radius 2 is 1.95 bits per heavy atom. The number of rotatable bonds is 6. The summed E-state index contributed by atoms with van der Waals surface area (Å²) in [7, 11) is 0. The Morgan fingerprint density at radius 3 is 2.59 bits per heavy atom. The average Bonchev–Trinajstić information content (AvgIpc) is 2.49. The predicted octanol–water partition coefficient (Wildman–Crippen LogP) is 3.21. The fourth-order valence-electron chi connectivity index (χ4n) is 1.96. The van der Waals surface area contributed by atoms with Crippen LogP contribution in [0.2, 0.25) is 5.02 Å². The molecular weight excluding hydrogens is 311 g/mol. The van der Waals surface area contributed by atoms with E-state index in [2.05, 4.69) is 5.32 Å². The Morgan fingerprint density at radius 1 is 1.27 bits per heavy atom. The number of nitro groups is 1. The van der Waals surface area contributed by atoms with Gasteiger partial charge in [-0.2, -0.15) is 0 Å². The van der Waals surface area contributed by atoms with E-state index in [1.165, 1.54) is 36.4 Å². The molecule has 0 saturated carbocycles. The number of aliphatic hydroxyl groups excluding tert-OH is 1. The van der Waals surface area contributed by atoms with Crippen molar-refractivity contribution >= 4 is 17.3 Å². The lowest BCUT2D eigenvalue weighted by Crippen LogP contribution is -2.21. The Kier molecular flexibility index (Phi) is 5.43. The van der Waals surface area contributed by atoms with Crippen molar-refractivity contribution in [3.63, 3.8) is 0 Å². The summed E-state index contributed by atoms with van der Waals surface area (Å²) in [4.78, 5) is 10.3. The molecule has 116 valence electrons. The smallest absolute Gasteiger partial charge is 0.288 e. The summed E-state index contributed by atoms with van der Waals surface area (Å²) < 4.78 is 12.8. The van der Waals surface area contributed by atoms with Crippen LogP contribution in [-0.2, 0) is 6.54 Å². The summed E-state index contributed by atoms with van der Waals surface area (Å²) in [5, 5.41) is 23.8. The first kappa shape index (κ1) is 16.4. The molecule has 2 aromatic carbocycles. The normalized spacial score (nSPS) is 12.1. The third kappa shape index (κ3) is 4.24. The summed E-state index contributed by atoms with van der Waals surface area (Å²) in [6, 6.07) is 10.1. The number of halogens is 2. The molecule has 0 fully saturated rings. The zero-order valence-electron chi connectivity index (χ0n) is 11.5. The molecule has 5 nitrogen and oxygen atoms in total. The topological polar surface area (TPSA) is 75.4 Å². The van der Waals surface area contributed by atoms with Crippen molar-refractivity contribution in [3.8, 4) is 0 Å². The van der Waals surface area contributed by atoms with E-state index < -0.39 is 11.0 Å². The van der Waals surface area contributed by atoms with Gasteiger partial charge in [0.2, 0.25) is 0 Å². The number of nitro benzene ring substituents is 1. The van der Waals surface area contributed by atoms with Gasteiger partial charge in [0.25, 0.3) is 5.69 Å². The predicted molar refractivity (Wildman–Crippen MR) is 81.2 cm³/mol. The second-order valence-electron chi connectivity index (χ2n) is 4.74. The summed E-state index contributed by atoms with van der Waals surface area (Å²) in [5.41, 5.74) is 1.12. The molecular formula is C15H14ClFN2O3. The molecule has 2 aromatic rings. The number of aliphatic hydroxyl groups is 1. The lowest BCUT2D eigenvalue weighted by Gasteiger charge is -2.12. The van der Waals surface area contributed by atoms with Crippen molar-refractivity contribution in [1.82, 2.24) is 5.32 Å². The molecule has 0 aliphatic heterocycles. The van der Waals surface area contributed by atoms with Gasteiger partial charge in [-0.05, 0) is 29.3 Å². The molecule has 2 rings (SSSR count). The summed E-state index contributed by atoms with van der Waals surface area (Å²) >= 11 is 5.74. The van der Waals surface area contributed by atoms with Gasteiger partial charge in [0.05, 0.1) is 11.0 Å². The van der Waals surface area contributed by atoms with Crippen LogP contribution >= 0.6 is 11.6 Å². The molecule has 0 aliphatic rings. The minimum Gasteiger partial charge on any atom is -0.387 e. The Balaban J connectivity index is 1.92. The minimum atomic E-state index is -0.789. The maximum atomic E-state index is 12.8. The largest absolute Gasteiger partial charge is 0.387 e. The van der Waals surface area contributed by atoms with Crippen molar-refractivity contribution in [2.75, 3.05) is 6.54 Å². The molecule has 2 N–H and O–H groups in total. The van der Waals surface area contributed by atoms with Gasteiger partial charge < -0.3 is 10.4 Å². The molecule has 0 bridgehead atoms. The zero-order chi connectivity index (χ0) is 16.1. The molecule has 0 spiro atoms. The molecule has 1 atom stereocenters. The Labute approximate surface area is 131 Å². The van der Waals surface area contributed by atoms with E-state index in [0.29, 0.717) is 17.7 Å². The number of nitrogens with one attached hydrogen (secondary N) is 1. The maximum Gasteiger partial charge on any atom is 0.288 e. The molecule has 0 heterocycles. The second kappa shape index (κ2) is 7.31. The molecule has 0 aromatic heterocycles. The van der Waals surface area contributed by atoms with Crippen LogP contribution in [0.15, 0.2) is 42.5 Å². The summed E-state index contributed by atoms with van der Waals surface area (Å²) in [6.45, 7) is 0.582. The molecule has 0 radical (unpaired) electrons. The van der Waals surface area contributed by atoms with Crippen molar-refractivity contribution in [2.45, 2.75) is 12.6 Å². The van der Waals surface area contributed by atoms with E-state index in [9.17, 15) is 19.6 Å². The highest BCUT2D eigenvalue weighted by atomic mass is 35.5. The molecule has 22 heavy (non-hydrogen) atoms. The van der Waals surface area contributed by atoms with Crippen molar-refractivity contribution in [2.24, 2.45) is 0 Å². The van der Waals surface area contributed by atoms with Crippen molar-refractivity contribution < 1.29 is 14.4 Å². The van der Waals surface area contributed by atoms with Gasteiger partial charge in [-0.3, -0.25) is 10.1 Å². The first-order valence-corrected chi connectivity index (χ1v) is 6.92. The van der Waals surface area contributed by atoms with Gasteiger partial charge in [0.1, 0.15) is 10.8 Å². The molecule has 1 unspecified atom stereocenters. The number of hydrogen-bond donors (Lipinski definition) is 2.